The van der Waals surface area contributed by atoms with E-state index in [4.69, 9.17) is 0 Å². The summed E-state index contributed by atoms with van der Waals surface area (Å²) in [7, 11) is 0. The van der Waals surface area contributed by atoms with Gasteiger partial charge in [-0.15, -0.1) is 0 Å². The predicted octanol–water partition coefficient (Wildman–Crippen LogP) is 3.39. The quantitative estimate of drug-likeness (QED) is 0.371. The van der Waals surface area contributed by atoms with Crippen molar-refractivity contribution >= 4 is 22.8 Å². The number of aromatic nitrogens is 3. The van der Waals surface area contributed by atoms with Crippen LogP contribution in [-0.2, 0) is 17.8 Å². The lowest BCUT2D eigenvalue weighted by atomic mass is 10.1. The number of nitrogens with zero attached hydrogens (tertiary/aromatic N) is 5. The van der Waals surface area contributed by atoms with Gasteiger partial charge in [0.25, 0.3) is 0 Å². The molecule has 1 saturated heterocycles. The van der Waals surface area contributed by atoms with Crippen LogP contribution < -0.4 is 10.2 Å². The lowest BCUT2D eigenvalue weighted by molar-refractivity contribution is -0.133. The predicted molar refractivity (Wildman–Crippen MR) is 145 cm³/mol. The van der Waals surface area contributed by atoms with E-state index in [-0.39, 0.29) is 11.4 Å². The molecule has 8 nitrogen and oxygen atoms in total. The van der Waals surface area contributed by atoms with Crippen LogP contribution in [0.5, 0.6) is 0 Å². The zero-order valence-electron chi connectivity index (χ0n) is 21.0. The van der Waals surface area contributed by atoms with Crippen LogP contribution in [0, 0.1) is 0 Å². The van der Waals surface area contributed by atoms with Crippen LogP contribution in [0.1, 0.15) is 24.0 Å². The minimum Gasteiger partial charge on any atom is -0.353 e. The Morgan fingerprint density at radius 1 is 0.973 bits per heavy atom. The average Bonchev–Trinajstić information content (AvgIpc) is 3.52. The number of hydrazine groups is 1. The number of hydrogen-bond acceptors (Lipinski definition) is 6. The summed E-state index contributed by atoms with van der Waals surface area (Å²) in [5.41, 5.74) is 3.32. The molecule has 1 aliphatic carbocycles. The molecule has 1 amide bonds. The largest absolute Gasteiger partial charge is 0.353 e. The van der Waals surface area contributed by atoms with E-state index < -0.39 is 0 Å². The molecule has 2 N–H and O–H groups in total. The monoisotopic (exact) mass is 495 g/mol. The molecule has 1 spiro atoms. The molecular weight excluding hydrogens is 462 g/mol. The summed E-state index contributed by atoms with van der Waals surface area (Å²) < 4.78 is 0. The SMILES string of the molecule is O=C(CN(CCc1ccccc1)N1CCN(c2ncnc3[nH]ccc23)CC12CC2)NCc1ccccc1. The van der Waals surface area contributed by atoms with Gasteiger partial charge in [0.1, 0.15) is 17.8 Å². The molecule has 0 atom stereocenters. The number of piperazine rings is 1. The van der Waals surface area contributed by atoms with Crippen molar-refractivity contribution in [3.05, 3.63) is 90.4 Å². The Balaban J connectivity index is 1.17. The molecule has 1 aliphatic heterocycles. The normalized spacial score (nSPS) is 16.9. The Hall–Kier alpha value is -3.75. The number of carbonyl (C=O) groups excluding carboxylic acids is 1. The maximum atomic E-state index is 13.1. The Morgan fingerprint density at radius 3 is 2.49 bits per heavy atom. The lowest BCUT2D eigenvalue weighted by Gasteiger charge is -2.47. The molecule has 2 aromatic carbocycles. The van der Waals surface area contributed by atoms with E-state index in [1.807, 2.05) is 42.6 Å². The van der Waals surface area contributed by atoms with E-state index in [0.29, 0.717) is 13.1 Å². The molecule has 0 radical (unpaired) electrons. The number of hydrogen-bond donors (Lipinski definition) is 2. The molecule has 8 heteroatoms. The Morgan fingerprint density at radius 2 is 1.73 bits per heavy atom. The molecule has 2 fully saturated rings. The van der Waals surface area contributed by atoms with Crippen LogP contribution in [0.4, 0.5) is 5.82 Å². The zero-order valence-corrected chi connectivity index (χ0v) is 21.0. The summed E-state index contributed by atoms with van der Waals surface area (Å²) in [6.45, 7) is 4.32. The average molecular weight is 496 g/mol. The van der Waals surface area contributed by atoms with Gasteiger partial charge >= 0.3 is 0 Å². The van der Waals surface area contributed by atoms with Gasteiger partial charge in [-0.05, 0) is 36.5 Å². The van der Waals surface area contributed by atoms with Crippen LogP contribution in [0.25, 0.3) is 11.0 Å². The Bertz CT molecular complexity index is 1340. The fourth-order valence-electron chi connectivity index (χ4n) is 5.47. The molecule has 2 aromatic heterocycles. The lowest BCUT2D eigenvalue weighted by Crippen LogP contribution is -2.62. The first kappa shape index (κ1) is 23.6. The highest BCUT2D eigenvalue weighted by Gasteiger charge is 2.53. The fourth-order valence-corrected chi connectivity index (χ4v) is 5.47. The van der Waals surface area contributed by atoms with Gasteiger partial charge in [-0.3, -0.25) is 4.79 Å². The first-order valence-electron chi connectivity index (χ1n) is 13.1. The highest BCUT2D eigenvalue weighted by Crippen LogP contribution is 2.46. The fraction of sp³-hybridized carbons (Fsp3) is 0.345. The summed E-state index contributed by atoms with van der Waals surface area (Å²) in [6.07, 6.45) is 6.71. The summed E-state index contributed by atoms with van der Waals surface area (Å²) >= 11 is 0. The minimum atomic E-state index is 0.0439. The molecule has 3 heterocycles. The van der Waals surface area contributed by atoms with Crippen LogP contribution in [0.3, 0.4) is 0 Å². The molecular formula is C29H33N7O. The third-order valence-electron chi connectivity index (χ3n) is 7.58. The molecule has 190 valence electrons. The number of anilines is 1. The van der Waals surface area contributed by atoms with Gasteiger partial charge in [0.2, 0.25) is 5.91 Å². The van der Waals surface area contributed by atoms with E-state index in [1.165, 1.54) is 5.56 Å². The van der Waals surface area contributed by atoms with E-state index in [9.17, 15) is 4.79 Å². The van der Waals surface area contributed by atoms with Crippen LogP contribution in [0.2, 0.25) is 0 Å². The summed E-state index contributed by atoms with van der Waals surface area (Å²) in [5.74, 6) is 1.05. The van der Waals surface area contributed by atoms with Crippen molar-refractivity contribution in [1.29, 1.82) is 0 Å². The van der Waals surface area contributed by atoms with Crippen molar-refractivity contribution in [3.8, 4) is 0 Å². The van der Waals surface area contributed by atoms with Crippen LogP contribution in [-0.4, -0.2) is 69.1 Å². The maximum Gasteiger partial charge on any atom is 0.235 e. The van der Waals surface area contributed by atoms with Crippen molar-refractivity contribution in [2.24, 2.45) is 0 Å². The van der Waals surface area contributed by atoms with Crippen molar-refractivity contribution < 1.29 is 4.79 Å². The Labute approximate surface area is 217 Å². The number of amides is 1. The standard InChI is InChI=1S/C29H33N7O/c37-26(31-19-24-9-5-2-6-10-24)20-35(16-12-23-7-3-1-4-8-23)36-18-17-34(21-29(36)13-14-29)28-25-11-15-30-27(25)32-22-33-28/h1-11,15,22H,12-14,16-21H2,(H,31,37)(H,30,32,33). The highest BCUT2D eigenvalue weighted by molar-refractivity contribution is 5.87. The maximum absolute atomic E-state index is 13.1. The van der Waals surface area contributed by atoms with Gasteiger partial charge in [0, 0.05) is 38.9 Å². The van der Waals surface area contributed by atoms with Crippen molar-refractivity contribution in [2.45, 2.75) is 31.3 Å². The van der Waals surface area contributed by atoms with Gasteiger partial charge in [-0.1, -0.05) is 60.7 Å². The molecule has 6 rings (SSSR count). The van der Waals surface area contributed by atoms with Crippen LogP contribution >= 0.6 is 0 Å². The number of H-pyrrole nitrogens is 1. The number of fused-ring (bicyclic) bond motifs is 1. The molecule has 37 heavy (non-hydrogen) atoms. The number of carbonyl (C=O) groups is 1. The Kier molecular flexibility index (Phi) is 6.59. The van der Waals surface area contributed by atoms with Gasteiger partial charge in [-0.2, -0.15) is 0 Å². The van der Waals surface area contributed by atoms with E-state index >= 15 is 0 Å². The van der Waals surface area contributed by atoms with Gasteiger partial charge in [-0.25, -0.2) is 20.0 Å². The summed E-state index contributed by atoms with van der Waals surface area (Å²) in [5, 5.41) is 8.98. The van der Waals surface area contributed by atoms with Crippen molar-refractivity contribution in [3.63, 3.8) is 0 Å². The first-order chi connectivity index (χ1) is 18.2. The van der Waals surface area contributed by atoms with Gasteiger partial charge in [0.15, 0.2) is 0 Å². The second-order valence-corrected chi connectivity index (χ2v) is 10.1. The van der Waals surface area contributed by atoms with E-state index in [2.05, 4.69) is 65.5 Å². The minimum absolute atomic E-state index is 0.0439. The van der Waals surface area contributed by atoms with E-state index in [1.54, 1.807) is 6.33 Å². The van der Waals surface area contributed by atoms with E-state index in [0.717, 1.165) is 67.9 Å². The molecule has 1 saturated carbocycles. The number of rotatable bonds is 9. The topological polar surface area (TPSA) is 80.4 Å². The third-order valence-corrected chi connectivity index (χ3v) is 7.58. The number of aromatic amines is 1. The molecule has 0 bridgehead atoms. The van der Waals surface area contributed by atoms with Gasteiger partial charge < -0.3 is 15.2 Å². The van der Waals surface area contributed by atoms with Crippen LogP contribution in [0.15, 0.2) is 79.3 Å². The summed E-state index contributed by atoms with van der Waals surface area (Å²) in [6, 6.07) is 22.7. The van der Waals surface area contributed by atoms with Crippen molar-refractivity contribution in [1.82, 2.24) is 30.3 Å². The zero-order chi connectivity index (χ0) is 25.1. The second-order valence-electron chi connectivity index (χ2n) is 10.1. The number of benzene rings is 2. The summed E-state index contributed by atoms with van der Waals surface area (Å²) in [4.78, 5) is 27.7. The third kappa shape index (κ3) is 5.21. The number of nitrogens with one attached hydrogen (secondary N) is 2. The molecule has 2 aliphatic rings. The van der Waals surface area contributed by atoms with Crippen molar-refractivity contribution in [2.75, 3.05) is 37.6 Å². The second kappa shape index (κ2) is 10.3. The first-order valence-corrected chi connectivity index (χ1v) is 13.1. The smallest absolute Gasteiger partial charge is 0.235 e. The highest BCUT2D eigenvalue weighted by atomic mass is 16.2. The molecule has 0 unspecified atom stereocenters. The van der Waals surface area contributed by atoms with Gasteiger partial charge in [0.05, 0.1) is 17.5 Å². The molecule has 4 aromatic rings.